The second-order valence-electron chi connectivity index (χ2n) is 9.42. The van der Waals surface area contributed by atoms with Gasteiger partial charge < -0.3 is 24.8 Å². The van der Waals surface area contributed by atoms with Gasteiger partial charge in [-0.1, -0.05) is 18.2 Å². The molecule has 1 saturated heterocycles. The quantitative estimate of drug-likeness (QED) is 0.296. The summed E-state index contributed by atoms with van der Waals surface area (Å²) in [6, 6.07) is 25.6. The van der Waals surface area contributed by atoms with Crippen LogP contribution in [0.2, 0.25) is 0 Å². The Bertz CT molecular complexity index is 1430. The number of thiocarbonyl (C=S) groups is 1. The van der Waals surface area contributed by atoms with E-state index in [9.17, 15) is 4.79 Å². The molecule has 38 heavy (non-hydrogen) atoms. The number of carbonyl (C=O) groups excluding carboxylic acids is 1. The lowest BCUT2D eigenvalue weighted by Gasteiger charge is -2.29. The van der Waals surface area contributed by atoms with Crippen LogP contribution in [-0.4, -0.2) is 39.1 Å². The molecular weight excluding hydrogens is 494 g/mol. The van der Waals surface area contributed by atoms with Crippen LogP contribution >= 0.6 is 12.2 Å². The summed E-state index contributed by atoms with van der Waals surface area (Å²) < 4.78 is 7.60. The van der Waals surface area contributed by atoms with Crippen LogP contribution < -0.4 is 15.4 Å². The largest absolute Gasteiger partial charge is 0.497 e. The lowest BCUT2D eigenvalue weighted by molar-refractivity contribution is -0.116. The van der Waals surface area contributed by atoms with Gasteiger partial charge in [-0.2, -0.15) is 0 Å². The van der Waals surface area contributed by atoms with Crippen LogP contribution in [0.3, 0.4) is 0 Å². The smallest absolute Gasteiger partial charge is 0.226 e. The standard InChI is InChI=1S/C30H31N5O2S/c1-20-7-6-8-22(19-20)32-27(36)16-18-34-29(28(33-30(34)38)25-9-4-5-17-31-25)26-15-10-21(2)35(26)23-11-13-24(37-3)14-12-23/h4-15,17,19,28-29H,16,18H2,1-3H3,(H,32,36)(H,33,38). The van der Waals surface area contributed by atoms with Gasteiger partial charge in [0.25, 0.3) is 0 Å². The first-order valence-corrected chi connectivity index (χ1v) is 13.0. The number of rotatable bonds is 8. The molecule has 0 bridgehead atoms. The van der Waals surface area contributed by atoms with Gasteiger partial charge in [0.2, 0.25) is 5.91 Å². The zero-order valence-corrected chi connectivity index (χ0v) is 22.5. The normalized spacial score (nSPS) is 16.8. The SMILES string of the molecule is COc1ccc(-n2c(C)ccc2C2C(c3ccccn3)NC(=S)N2CCC(=O)Nc2cccc(C)c2)cc1. The predicted molar refractivity (Wildman–Crippen MR) is 154 cm³/mol. The van der Waals surface area contributed by atoms with Crippen molar-refractivity contribution in [2.24, 2.45) is 0 Å². The van der Waals surface area contributed by atoms with Gasteiger partial charge in [0.1, 0.15) is 5.75 Å². The van der Waals surface area contributed by atoms with Gasteiger partial charge >= 0.3 is 0 Å². The van der Waals surface area contributed by atoms with E-state index in [1.54, 1.807) is 13.3 Å². The first-order chi connectivity index (χ1) is 18.4. The monoisotopic (exact) mass is 525 g/mol. The fraction of sp³-hybridized carbons (Fsp3) is 0.233. The van der Waals surface area contributed by atoms with E-state index < -0.39 is 0 Å². The highest BCUT2D eigenvalue weighted by molar-refractivity contribution is 7.80. The molecule has 1 fully saturated rings. The van der Waals surface area contributed by atoms with Crippen LogP contribution in [-0.2, 0) is 4.79 Å². The van der Waals surface area contributed by atoms with Gasteiger partial charge in [-0.25, -0.2) is 0 Å². The molecule has 7 nitrogen and oxygen atoms in total. The molecule has 2 aromatic heterocycles. The minimum absolute atomic E-state index is 0.0554. The lowest BCUT2D eigenvalue weighted by Crippen LogP contribution is -2.33. The highest BCUT2D eigenvalue weighted by Crippen LogP contribution is 2.40. The molecule has 2 aromatic carbocycles. The number of benzene rings is 2. The Morgan fingerprint density at radius 1 is 1.05 bits per heavy atom. The molecular formula is C30H31N5O2S. The number of amides is 1. The van der Waals surface area contributed by atoms with Crippen molar-refractivity contribution in [3.05, 3.63) is 108 Å². The summed E-state index contributed by atoms with van der Waals surface area (Å²) in [6.45, 7) is 4.56. The number of hydrogen-bond acceptors (Lipinski definition) is 4. The molecule has 194 valence electrons. The Morgan fingerprint density at radius 3 is 2.58 bits per heavy atom. The predicted octanol–water partition coefficient (Wildman–Crippen LogP) is 5.50. The molecule has 0 spiro atoms. The summed E-state index contributed by atoms with van der Waals surface area (Å²) in [5, 5.41) is 7.10. The van der Waals surface area contributed by atoms with E-state index in [1.807, 2.05) is 73.7 Å². The van der Waals surface area contributed by atoms with E-state index in [-0.39, 0.29) is 18.0 Å². The molecule has 2 N–H and O–H groups in total. The van der Waals surface area contributed by atoms with E-state index >= 15 is 0 Å². The number of hydrogen-bond donors (Lipinski definition) is 2. The van der Waals surface area contributed by atoms with E-state index in [4.69, 9.17) is 17.0 Å². The van der Waals surface area contributed by atoms with Crippen molar-refractivity contribution in [3.63, 3.8) is 0 Å². The summed E-state index contributed by atoms with van der Waals surface area (Å²) in [5.41, 5.74) is 5.98. The summed E-state index contributed by atoms with van der Waals surface area (Å²) in [6.07, 6.45) is 2.09. The first kappa shape index (κ1) is 25.5. The zero-order valence-electron chi connectivity index (χ0n) is 21.7. The Morgan fingerprint density at radius 2 is 1.87 bits per heavy atom. The third kappa shape index (κ3) is 5.26. The van der Waals surface area contributed by atoms with Crippen LogP contribution in [0.1, 0.15) is 41.1 Å². The number of methoxy groups -OCH3 is 1. The molecule has 1 aliphatic rings. The van der Waals surface area contributed by atoms with Crippen molar-refractivity contribution in [1.82, 2.24) is 19.8 Å². The number of aromatic nitrogens is 2. The van der Waals surface area contributed by atoms with Crippen LogP contribution in [0.4, 0.5) is 5.69 Å². The van der Waals surface area contributed by atoms with E-state index in [0.29, 0.717) is 18.1 Å². The van der Waals surface area contributed by atoms with Crippen molar-refractivity contribution in [3.8, 4) is 11.4 Å². The zero-order chi connectivity index (χ0) is 26.6. The number of ether oxygens (including phenoxy) is 1. The second-order valence-corrected chi connectivity index (χ2v) is 9.81. The number of aryl methyl sites for hydroxylation is 2. The third-order valence-corrected chi connectivity index (χ3v) is 7.17. The van der Waals surface area contributed by atoms with Crippen LogP contribution in [0.15, 0.2) is 85.1 Å². The Labute approximate surface area is 228 Å². The lowest BCUT2D eigenvalue weighted by atomic mass is 10.0. The molecule has 4 aromatic rings. The maximum Gasteiger partial charge on any atom is 0.226 e. The first-order valence-electron chi connectivity index (χ1n) is 12.6. The number of carbonyl (C=O) groups is 1. The fourth-order valence-electron chi connectivity index (χ4n) is 5.01. The van der Waals surface area contributed by atoms with Crippen molar-refractivity contribution in [2.75, 3.05) is 19.0 Å². The average Bonchev–Trinajstić information content (AvgIpc) is 3.46. The highest BCUT2D eigenvalue weighted by Gasteiger charge is 2.41. The molecule has 0 saturated carbocycles. The average molecular weight is 526 g/mol. The van der Waals surface area contributed by atoms with Crippen LogP contribution in [0.25, 0.3) is 5.69 Å². The van der Waals surface area contributed by atoms with Crippen LogP contribution in [0, 0.1) is 13.8 Å². The van der Waals surface area contributed by atoms with Gasteiger partial charge in [0.05, 0.1) is 24.9 Å². The number of anilines is 1. The van der Waals surface area contributed by atoms with Gasteiger partial charge in [0.15, 0.2) is 5.11 Å². The maximum atomic E-state index is 12.9. The summed E-state index contributed by atoms with van der Waals surface area (Å²) >= 11 is 5.82. The molecule has 1 amide bonds. The Hall–Kier alpha value is -4.17. The van der Waals surface area contributed by atoms with Gasteiger partial charge in [-0.05, 0) is 92.3 Å². The molecule has 5 rings (SSSR count). The number of nitrogens with zero attached hydrogens (tertiary/aromatic N) is 3. The molecule has 3 heterocycles. The minimum atomic E-state index is -0.171. The van der Waals surface area contributed by atoms with Crippen molar-refractivity contribution in [2.45, 2.75) is 32.4 Å². The Balaban J connectivity index is 1.47. The Kier molecular flexibility index (Phi) is 7.42. The van der Waals surface area contributed by atoms with E-state index in [1.165, 1.54) is 0 Å². The van der Waals surface area contributed by atoms with Gasteiger partial charge in [-0.3, -0.25) is 9.78 Å². The molecule has 2 unspecified atom stereocenters. The van der Waals surface area contributed by atoms with Crippen LogP contribution in [0.5, 0.6) is 5.75 Å². The second kappa shape index (κ2) is 11.1. The van der Waals surface area contributed by atoms with Crippen molar-refractivity contribution < 1.29 is 9.53 Å². The number of pyridine rings is 1. The van der Waals surface area contributed by atoms with Crippen molar-refractivity contribution in [1.29, 1.82) is 0 Å². The molecule has 2 atom stereocenters. The summed E-state index contributed by atoms with van der Waals surface area (Å²) in [7, 11) is 1.66. The molecule has 0 radical (unpaired) electrons. The highest BCUT2D eigenvalue weighted by atomic mass is 32.1. The van der Waals surface area contributed by atoms with Gasteiger partial charge in [0, 0.05) is 41.9 Å². The third-order valence-electron chi connectivity index (χ3n) is 6.82. The fourth-order valence-corrected chi connectivity index (χ4v) is 5.34. The topological polar surface area (TPSA) is 71.4 Å². The molecule has 8 heteroatoms. The van der Waals surface area contributed by atoms with E-state index in [2.05, 4.69) is 44.1 Å². The number of nitrogens with one attached hydrogen (secondary N) is 2. The molecule has 1 aliphatic heterocycles. The maximum absolute atomic E-state index is 12.9. The summed E-state index contributed by atoms with van der Waals surface area (Å²) in [4.78, 5) is 19.7. The van der Waals surface area contributed by atoms with Crippen molar-refractivity contribution >= 4 is 28.9 Å². The van der Waals surface area contributed by atoms with E-state index in [0.717, 1.165) is 39.8 Å². The molecule has 0 aliphatic carbocycles. The minimum Gasteiger partial charge on any atom is -0.497 e. The summed E-state index contributed by atoms with van der Waals surface area (Å²) in [5.74, 6) is 0.747. The van der Waals surface area contributed by atoms with Gasteiger partial charge in [-0.15, -0.1) is 0 Å².